The Morgan fingerprint density at radius 3 is 1.91 bits per heavy atom. The predicted octanol–water partition coefficient (Wildman–Crippen LogP) is 3.59. The van der Waals surface area contributed by atoms with Crippen LogP contribution in [0.25, 0.3) is 0 Å². The molecule has 0 radical (unpaired) electrons. The van der Waals surface area contributed by atoms with Gasteiger partial charge in [-0.1, -0.05) is 33.1 Å². The van der Waals surface area contributed by atoms with Gasteiger partial charge in [0.05, 0.1) is 22.5 Å². The average Bonchev–Trinajstić information content (AvgIpc) is 3.00. The second kappa shape index (κ2) is 15.5. The van der Waals surface area contributed by atoms with Crippen molar-refractivity contribution in [2.75, 3.05) is 16.2 Å². The van der Waals surface area contributed by atoms with Crippen LogP contribution in [0.1, 0.15) is 62.6 Å². The summed E-state index contributed by atoms with van der Waals surface area (Å²) in [6.45, 7) is 10.9. The zero-order chi connectivity index (χ0) is 33.1. The lowest BCUT2D eigenvalue weighted by molar-refractivity contribution is -0.112. The third-order valence-electron chi connectivity index (χ3n) is 5.95. The molecular weight excluding hydrogens is 580 g/mol. The van der Waals surface area contributed by atoms with Gasteiger partial charge in [-0.05, 0) is 66.8 Å². The molecule has 1 heterocycles. The van der Waals surface area contributed by atoms with Crippen molar-refractivity contribution < 1.29 is 38.2 Å². The molecule has 0 aliphatic carbocycles. The number of hydrazine groups is 1. The normalized spacial score (nSPS) is 10.1. The zero-order valence-corrected chi connectivity index (χ0v) is 23.8. The maximum Gasteiger partial charge on any atom is 0.337 e. The first-order chi connectivity index (χ1) is 20.9. The number of rotatable bonds is 12. The van der Waals surface area contributed by atoms with Crippen molar-refractivity contribution in [1.82, 2.24) is 9.89 Å². The number of carbonyl (C=O) groups is 4. The minimum atomic E-state index is -1.52. The van der Waals surface area contributed by atoms with Gasteiger partial charge in [0.2, 0.25) is 0 Å². The Morgan fingerprint density at radius 2 is 1.45 bits per heavy atom. The molecule has 0 aliphatic heterocycles. The number of halogens is 2. The number of carbonyl (C=O) groups excluding carboxylic acids is 2. The van der Waals surface area contributed by atoms with Gasteiger partial charge in [0.1, 0.15) is 11.6 Å². The summed E-state index contributed by atoms with van der Waals surface area (Å²) in [6.07, 6.45) is 1.22. The number of aryl methyl sites for hydroxylation is 2. The molecule has 0 fully saturated rings. The molecule has 3 aromatic rings. The molecule has 2 amide bonds. The Morgan fingerprint density at radius 1 is 0.955 bits per heavy atom. The van der Waals surface area contributed by atoms with Gasteiger partial charge in [-0.25, -0.2) is 29.7 Å². The third-order valence-corrected chi connectivity index (χ3v) is 5.95. The summed E-state index contributed by atoms with van der Waals surface area (Å²) in [7, 11) is 0. The summed E-state index contributed by atoms with van der Waals surface area (Å²) in [5.74, 6) is -1.10. The van der Waals surface area contributed by atoms with Crippen LogP contribution < -0.4 is 27.5 Å². The smallest absolute Gasteiger partial charge is 0.337 e. The van der Waals surface area contributed by atoms with Gasteiger partial charge in [0, 0.05) is 5.57 Å². The number of aromatic carboxylic acids is 2. The molecule has 0 saturated carbocycles. The summed E-state index contributed by atoms with van der Waals surface area (Å²) in [6, 6.07) is 6.18. The van der Waals surface area contributed by atoms with Crippen LogP contribution in [0.2, 0.25) is 0 Å². The molecule has 0 unspecified atom stereocenters. The monoisotopic (exact) mass is 611 g/mol. The van der Waals surface area contributed by atoms with Crippen molar-refractivity contribution in [2.24, 2.45) is 5.84 Å². The minimum absolute atomic E-state index is 0.00169. The predicted molar refractivity (Wildman–Crippen MR) is 158 cm³/mol. The van der Waals surface area contributed by atoms with Gasteiger partial charge in [-0.3, -0.25) is 15.0 Å². The fraction of sp³-hybridized carbons (Fsp3) is 0.172. The van der Waals surface area contributed by atoms with Crippen LogP contribution in [0, 0.1) is 17.0 Å². The van der Waals surface area contributed by atoms with Crippen LogP contribution in [-0.4, -0.2) is 43.9 Å². The van der Waals surface area contributed by atoms with Crippen molar-refractivity contribution in [3.05, 3.63) is 106 Å². The van der Waals surface area contributed by atoms with E-state index >= 15 is 0 Å². The molecule has 44 heavy (non-hydrogen) atoms. The van der Waals surface area contributed by atoms with E-state index < -0.39 is 46.5 Å². The Bertz CT molecular complexity index is 1690. The summed E-state index contributed by atoms with van der Waals surface area (Å²) in [4.78, 5) is 49.0. The van der Waals surface area contributed by atoms with Crippen molar-refractivity contribution in [3.63, 3.8) is 0 Å². The molecule has 232 valence electrons. The van der Waals surface area contributed by atoms with E-state index in [1.807, 2.05) is 13.8 Å². The van der Waals surface area contributed by atoms with Crippen molar-refractivity contribution in [2.45, 2.75) is 33.1 Å². The summed E-state index contributed by atoms with van der Waals surface area (Å²) >= 11 is 0. The highest BCUT2D eigenvalue weighted by atomic mass is 19.1. The molecule has 0 spiro atoms. The van der Waals surface area contributed by atoms with Gasteiger partial charge in [-0.15, -0.1) is 9.89 Å². The van der Waals surface area contributed by atoms with Crippen LogP contribution in [0.5, 0.6) is 0 Å². The molecule has 15 heteroatoms. The van der Waals surface area contributed by atoms with Gasteiger partial charge >= 0.3 is 11.9 Å². The molecule has 0 bridgehead atoms. The summed E-state index contributed by atoms with van der Waals surface area (Å²) in [5.41, 5.74) is 0.227. The highest BCUT2D eigenvalue weighted by molar-refractivity contribution is 6.08. The average molecular weight is 612 g/mol. The lowest BCUT2D eigenvalue weighted by Gasteiger charge is -2.14. The van der Waals surface area contributed by atoms with Gasteiger partial charge in [-0.2, -0.15) is 0 Å². The Kier molecular flexibility index (Phi) is 12.2. The number of nitrogens with one attached hydrogen (secondary N) is 4. The number of hydrogen-bond donors (Lipinski definition) is 7. The fourth-order valence-corrected chi connectivity index (χ4v) is 3.77. The third kappa shape index (κ3) is 8.42. The van der Waals surface area contributed by atoms with Crippen LogP contribution >= 0.6 is 0 Å². The minimum Gasteiger partial charge on any atom is -0.478 e. The van der Waals surface area contributed by atoms with Crippen LogP contribution in [0.4, 0.5) is 20.2 Å². The number of amides is 2. The topological polar surface area (TPSA) is 213 Å². The molecule has 0 aliphatic rings. The van der Waals surface area contributed by atoms with E-state index in [4.69, 9.17) is 11.3 Å². The molecule has 2 aromatic carbocycles. The number of aromatic nitrogens is 2. The van der Waals surface area contributed by atoms with E-state index in [0.29, 0.717) is 0 Å². The highest BCUT2D eigenvalue weighted by Crippen LogP contribution is 2.26. The first-order valence-corrected chi connectivity index (χ1v) is 13.0. The lowest BCUT2D eigenvalue weighted by Crippen LogP contribution is -2.36. The molecule has 1 aromatic heterocycles. The van der Waals surface area contributed by atoms with Crippen LogP contribution in [-0.2, 0) is 17.6 Å². The van der Waals surface area contributed by atoms with Crippen molar-refractivity contribution in [3.8, 4) is 0 Å². The quantitative estimate of drug-likeness (QED) is 0.0689. The number of carboxylic acids is 2. The molecule has 3 rings (SSSR count). The summed E-state index contributed by atoms with van der Waals surface area (Å²) < 4.78 is 29.5. The van der Waals surface area contributed by atoms with E-state index in [-0.39, 0.29) is 58.5 Å². The standard InChI is InChI=1S/C27H25F2N7O6.C2H6/c1-3-13(2)24(37)32-21-9-14(18(28)11-16(21)26(39)40)5-4-6-15-10-22(17(27(41)42)12-19(15)29)33-25(38)20-7-8-23(30)36(34-20)35-31;1-2/h3,7-12,30,35H,1-2,4-6,31H2,(H,32,37)(H,33,38)(H,39,40)(H,41,42);1-2H3. The lowest BCUT2D eigenvalue weighted by atomic mass is 9.99. The Hall–Kier alpha value is -5.70. The number of nitrogens with zero attached hydrogens (tertiary/aromatic N) is 2. The maximum atomic E-state index is 14.8. The zero-order valence-electron chi connectivity index (χ0n) is 23.8. The SMILES string of the molecule is C=CC(=C)C(=O)Nc1cc(CCCc2cc(NC(=O)c3ccc(=N)n(NN)n3)c(C(=O)O)cc2F)c(F)cc1C(=O)O.CC. The van der Waals surface area contributed by atoms with Gasteiger partial charge in [0.25, 0.3) is 11.8 Å². The number of hydrogen-bond acceptors (Lipinski definition) is 8. The number of benzene rings is 2. The van der Waals surface area contributed by atoms with E-state index in [0.717, 1.165) is 29.1 Å². The molecule has 0 atom stereocenters. The van der Waals surface area contributed by atoms with E-state index in [9.17, 15) is 38.2 Å². The Labute approximate surface area is 250 Å². The maximum absolute atomic E-state index is 14.8. The fourth-order valence-electron chi connectivity index (χ4n) is 3.77. The molecule has 0 saturated heterocycles. The molecule has 13 nitrogen and oxygen atoms in total. The van der Waals surface area contributed by atoms with Gasteiger partial charge < -0.3 is 20.8 Å². The highest BCUT2D eigenvalue weighted by Gasteiger charge is 2.20. The van der Waals surface area contributed by atoms with E-state index in [1.54, 1.807) is 0 Å². The van der Waals surface area contributed by atoms with E-state index in [2.05, 4.69) is 34.4 Å². The largest absolute Gasteiger partial charge is 0.478 e. The van der Waals surface area contributed by atoms with Crippen molar-refractivity contribution >= 4 is 35.1 Å². The number of carboxylic acid groups (broad SMARTS) is 2. The number of anilines is 2. The Balaban J connectivity index is 0.00000330. The van der Waals surface area contributed by atoms with Crippen LogP contribution in [0.15, 0.2) is 61.2 Å². The second-order valence-electron chi connectivity index (χ2n) is 8.72. The van der Waals surface area contributed by atoms with Crippen molar-refractivity contribution in [1.29, 1.82) is 5.41 Å². The first-order valence-electron chi connectivity index (χ1n) is 13.0. The van der Waals surface area contributed by atoms with Crippen LogP contribution in [0.3, 0.4) is 0 Å². The van der Waals surface area contributed by atoms with Gasteiger partial charge in [0.15, 0.2) is 11.2 Å². The molecule has 8 N–H and O–H groups in total. The number of nitrogen functional groups attached to an aromatic ring is 1. The first kappa shape index (κ1) is 34.5. The second-order valence-corrected chi connectivity index (χ2v) is 8.72. The molecular formula is C29H31F2N7O6. The number of nitrogens with two attached hydrogens (primary N) is 1. The summed E-state index contributed by atoms with van der Waals surface area (Å²) in [5, 5.41) is 35.1. The van der Waals surface area contributed by atoms with E-state index in [1.165, 1.54) is 18.2 Å².